The number of carbonyl (C=O) groups excluding carboxylic acids is 2. The molecule has 2 heterocycles. The predicted octanol–water partition coefficient (Wildman–Crippen LogP) is 3.39. The maximum absolute atomic E-state index is 14.5. The molecule has 0 atom stereocenters. The number of hydrogen-bond donors (Lipinski definition) is 2. The molecule has 2 amide bonds. The van der Waals surface area contributed by atoms with Crippen LogP contribution in [0, 0.1) is 5.82 Å². The number of halogens is 2. The summed E-state index contributed by atoms with van der Waals surface area (Å²) in [6.07, 6.45) is 4.43. The second-order valence-corrected chi connectivity index (χ2v) is 8.09. The van der Waals surface area contributed by atoms with Crippen LogP contribution in [-0.2, 0) is 16.1 Å². The number of phenolic OH excluding ortho intramolecular Hbond substituents is 1. The average molecular weight is 513 g/mol. The fraction of sp³-hybridized carbons (Fsp3) is 0.263. The summed E-state index contributed by atoms with van der Waals surface area (Å²) in [6, 6.07) is 1.37. The zero-order valence-electron chi connectivity index (χ0n) is 16.5. The summed E-state index contributed by atoms with van der Waals surface area (Å²) < 4.78 is 24.9. The van der Waals surface area contributed by atoms with Gasteiger partial charge in [-0.15, -0.1) is 0 Å². The molecular formula is C19H18BrFN4O5S. The summed E-state index contributed by atoms with van der Waals surface area (Å²) in [5.74, 6) is -1.84. The average Bonchev–Trinajstić information content (AvgIpc) is 3.01. The first-order valence-corrected chi connectivity index (χ1v) is 10.5. The van der Waals surface area contributed by atoms with E-state index in [1.807, 2.05) is 0 Å². The molecule has 2 aromatic rings. The number of likely N-dealkylation sites (N-methyl/N-ethyl adjacent to an activating group) is 1. The van der Waals surface area contributed by atoms with Crippen molar-refractivity contribution >= 4 is 50.9 Å². The van der Waals surface area contributed by atoms with Gasteiger partial charge in [0.2, 0.25) is 5.95 Å². The van der Waals surface area contributed by atoms with Gasteiger partial charge in [0.05, 0.1) is 16.0 Å². The Morgan fingerprint density at radius 1 is 1.35 bits per heavy atom. The van der Waals surface area contributed by atoms with Gasteiger partial charge in [0.15, 0.2) is 17.3 Å². The topological polar surface area (TPSA) is 114 Å². The summed E-state index contributed by atoms with van der Waals surface area (Å²) in [5.41, 5.74) is 0.826. The molecule has 1 aromatic carbocycles. The number of anilines is 1. The van der Waals surface area contributed by atoms with Gasteiger partial charge in [-0.25, -0.2) is 14.4 Å². The molecule has 1 aromatic heterocycles. The highest BCUT2D eigenvalue weighted by molar-refractivity contribution is 9.10. The number of thioether (sulfide) groups is 1. The largest absolute Gasteiger partial charge is 0.502 e. The monoisotopic (exact) mass is 512 g/mol. The third kappa shape index (κ3) is 5.32. The Balaban J connectivity index is 1.76. The fourth-order valence-electron chi connectivity index (χ4n) is 2.46. The highest BCUT2D eigenvalue weighted by Gasteiger charge is 2.32. The van der Waals surface area contributed by atoms with Gasteiger partial charge in [0, 0.05) is 38.7 Å². The number of phenols is 1. The highest BCUT2D eigenvalue weighted by atomic mass is 79.9. The molecule has 1 fully saturated rings. The van der Waals surface area contributed by atoms with Gasteiger partial charge < -0.3 is 19.9 Å². The van der Waals surface area contributed by atoms with Crippen molar-refractivity contribution in [3.05, 3.63) is 44.8 Å². The summed E-state index contributed by atoms with van der Waals surface area (Å²) in [7, 11) is 2.95. The Morgan fingerprint density at radius 3 is 2.68 bits per heavy atom. The van der Waals surface area contributed by atoms with Crippen molar-refractivity contribution in [3.8, 4) is 11.5 Å². The first-order chi connectivity index (χ1) is 14.8. The van der Waals surface area contributed by atoms with Crippen LogP contribution < -0.4 is 10.1 Å². The molecule has 0 unspecified atom stereocenters. The van der Waals surface area contributed by atoms with Gasteiger partial charge >= 0.3 is 0 Å². The van der Waals surface area contributed by atoms with Gasteiger partial charge in [0.25, 0.3) is 11.1 Å². The zero-order valence-corrected chi connectivity index (χ0v) is 18.9. The molecule has 3 rings (SSSR count). The number of aromatic hydroxyl groups is 1. The van der Waals surface area contributed by atoms with Crippen LogP contribution in [0.25, 0.3) is 6.08 Å². The van der Waals surface area contributed by atoms with Crippen LogP contribution in [0.15, 0.2) is 27.8 Å². The van der Waals surface area contributed by atoms with E-state index < -0.39 is 22.7 Å². The number of aromatic nitrogens is 2. The minimum absolute atomic E-state index is 0.0299. The molecule has 31 heavy (non-hydrogen) atoms. The van der Waals surface area contributed by atoms with E-state index in [2.05, 4.69) is 31.2 Å². The van der Waals surface area contributed by atoms with Gasteiger partial charge in [-0.1, -0.05) is 0 Å². The van der Waals surface area contributed by atoms with Crippen molar-refractivity contribution in [3.63, 3.8) is 0 Å². The van der Waals surface area contributed by atoms with Gasteiger partial charge in [-0.3, -0.25) is 14.5 Å². The summed E-state index contributed by atoms with van der Waals surface area (Å²) in [5, 5.41) is 12.7. The van der Waals surface area contributed by atoms with Crippen molar-refractivity contribution < 1.29 is 28.6 Å². The summed E-state index contributed by atoms with van der Waals surface area (Å²) in [4.78, 5) is 33.1. The number of amides is 2. The van der Waals surface area contributed by atoms with Crippen molar-refractivity contribution in [2.24, 2.45) is 0 Å². The molecule has 2 N–H and O–H groups in total. The lowest BCUT2D eigenvalue weighted by molar-refractivity contribution is -0.121. The first-order valence-electron chi connectivity index (χ1n) is 8.90. The second-order valence-electron chi connectivity index (χ2n) is 6.30. The smallest absolute Gasteiger partial charge is 0.293 e. The van der Waals surface area contributed by atoms with E-state index in [4.69, 9.17) is 9.47 Å². The highest BCUT2D eigenvalue weighted by Crippen LogP contribution is 2.40. The molecule has 0 bridgehead atoms. The Morgan fingerprint density at radius 2 is 2.06 bits per heavy atom. The van der Waals surface area contributed by atoms with Crippen LogP contribution in [0.1, 0.15) is 11.1 Å². The predicted molar refractivity (Wildman–Crippen MR) is 116 cm³/mol. The van der Waals surface area contributed by atoms with Crippen LogP contribution in [0.2, 0.25) is 0 Å². The van der Waals surface area contributed by atoms with Crippen molar-refractivity contribution in [2.45, 2.75) is 6.61 Å². The minimum Gasteiger partial charge on any atom is -0.502 e. The number of carbonyl (C=O) groups is 2. The Bertz CT molecular complexity index is 1030. The molecule has 0 spiro atoms. The Kier molecular flexibility index (Phi) is 7.46. The molecular weight excluding hydrogens is 495 g/mol. The van der Waals surface area contributed by atoms with E-state index in [0.717, 1.165) is 16.7 Å². The number of benzene rings is 1. The van der Waals surface area contributed by atoms with Crippen molar-refractivity contribution in [2.75, 3.05) is 32.6 Å². The maximum Gasteiger partial charge on any atom is 0.293 e. The normalized spacial score (nSPS) is 15.1. The van der Waals surface area contributed by atoms with E-state index in [0.29, 0.717) is 24.7 Å². The molecule has 0 aliphatic carbocycles. The fourth-order valence-corrected chi connectivity index (χ4v) is 3.70. The number of methoxy groups -OCH3 is 1. The number of imide groups is 1. The lowest BCUT2D eigenvalue weighted by Crippen LogP contribution is -2.22. The lowest BCUT2D eigenvalue weighted by atomic mass is 10.1. The van der Waals surface area contributed by atoms with Crippen LogP contribution >= 0.6 is 27.7 Å². The quantitative estimate of drug-likeness (QED) is 0.405. The lowest BCUT2D eigenvalue weighted by Gasteiger charge is -2.12. The van der Waals surface area contributed by atoms with Crippen LogP contribution in [0.5, 0.6) is 11.5 Å². The van der Waals surface area contributed by atoms with Gasteiger partial charge in [-0.2, -0.15) is 0 Å². The van der Waals surface area contributed by atoms with Crippen LogP contribution in [-0.4, -0.2) is 58.4 Å². The number of hydrogen-bond acceptors (Lipinski definition) is 9. The SMILES string of the molecule is COCCNc1ncc(COc2cc(/C=C3\SC(=O)N(C)C3=O)c(Br)c(F)c2O)cn1. The van der Waals surface area contributed by atoms with E-state index >= 15 is 0 Å². The molecule has 1 aliphatic rings. The van der Waals surface area contributed by atoms with E-state index in [-0.39, 0.29) is 27.3 Å². The number of nitrogens with zero attached hydrogens (tertiary/aromatic N) is 3. The second kappa shape index (κ2) is 10.1. The molecule has 164 valence electrons. The van der Waals surface area contributed by atoms with Crippen LogP contribution in [0.3, 0.4) is 0 Å². The van der Waals surface area contributed by atoms with E-state index in [1.54, 1.807) is 7.11 Å². The third-order valence-electron chi connectivity index (χ3n) is 4.14. The number of ether oxygens (including phenoxy) is 2. The minimum atomic E-state index is -0.951. The number of nitrogens with one attached hydrogen (secondary N) is 1. The molecule has 1 saturated heterocycles. The first kappa shape index (κ1) is 23.0. The molecule has 0 radical (unpaired) electrons. The van der Waals surface area contributed by atoms with Crippen molar-refractivity contribution in [1.29, 1.82) is 0 Å². The molecule has 12 heteroatoms. The summed E-state index contributed by atoms with van der Waals surface area (Å²) >= 11 is 3.80. The zero-order chi connectivity index (χ0) is 22.5. The molecule has 9 nitrogen and oxygen atoms in total. The van der Waals surface area contributed by atoms with E-state index in [9.17, 15) is 19.1 Å². The van der Waals surface area contributed by atoms with Crippen LogP contribution in [0.4, 0.5) is 15.1 Å². The van der Waals surface area contributed by atoms with Crippen molar-refractivity contribution in [1.82, 2.24) is 14.9 Å². The van der Waals surface area contributed by atoms with E-state index in [1.165, 1.54) is 31.6 Å². The van der Waals surface area contributed by atoms with Gasteiger partial charge in [-0.05, 0) is 45.4 Å². The Labute approximate surface area is 189 Å². The Hall–Kier alpha value is -2.70. The third-order valence-corrected chi connectivity index (χ3v) is 5.90. The maximum atomic E-state index is 14.5. The molecule has 0 saturated carbocycles. The standard InChI is InChI=1S/C19H18BrFN4O5S/c1-25-17(27)13(31-19(25)28)6-11-5-12(16(26)15(21)14(11)20)30-9-10-7-23-18(24-8-10)22-3-4-29-2/h5-8,26H,3-4,9H2,1-2H3,(H,22,23,24)/b13-6-. The number of rotatable bonds is 8. The van der Waals surface area contributed by atoms with Gasteiger partial charge in [0.1, 0.15) is 6.61 Å². The summed E-state index contributed by atoms with van der Waals surface area (Å²) in [6.45, 7) is 1.03. The molecule has 1 aliphatic heterocycles.